The molecule has 0 spiro atoms. The van der Waals surface area contributed by atoms with Gasteiger partial charge in [0.15, 0.2) is 0 Å². The summed E-state index contributed by atoms with van der Waals surface area (Å²) in [5.41, 5.74) is 1.23. The fourth-order valence-corrected chi connectivity index (χ4v) is 1.62. The van der Waals surface area contributed by atoms with Crippen LogP contribution in [0.15, 0.2) is 24.3 Å². The Balaban J connectivity index is 0.000000500. The molecule has 14 heavy (non-hydrogen) atoms. The average Bonchev–Trinajstić information content (AvgIpc) is 2.56. The van der Waals surface area contributed by atoms with E-state index in [1.165, 1.54) is 12.0 Å². The molecule has 1 saturated carbocycles. The highest BCUT2D eigenvalue weighted by Gasteiger charge is 2.23. The predicted octanol–water partition coefficient (Wildman–Crippen LogP) is 3.90. The highest BCUT2D eigenvalue weighted by molar-refractivity contribution is 5.81. The van der Waals surface area contributed by atoms with Crippen molar-refractivity contribution >= 4 is 5.78 Å². The zero-order chi connectivity index (χ0) is 11.0. The van der Waals surface area contributed by atoms with Crippen molar-refractivity contribution in [2.45, 2.75) is 46.5 Å². The van der Waals surface area contributed by atoms with Gasteiger partial charge in [-0.2, -0.15) is 0 Å². The van der Waals surface area contributed by atoms with E-state index in [9.17, 15) is 4.79 Å². The van der Waals surface area contributed by atoms with Crippen LogP contribution in [-0.4, -0.2) is 5.78 Å². The molecule has 80 valence electrons. The number of rotatable bonds is 2. The summed E-state index contributed by atoms with van der Waals surface area (Å²) in [5, 5.41) is 0. The third kappa shape index (κ3) is 4.40. The van der Waals surface area contributed by atoms with Crippen LogP contribution >= 0.6 is 0 Å². The second kappa shape index (κ2) is 7.54. The monoisotopic (exact) mass is 194 g/mol. The van der Waals surface area contributed by atoms with Crippen LogP contribution in [0, 0.1) is 5.92 Å². The van der Waals surface area contributed by atoms with Gasteiger partial charge >= 0.3 is 0 Å². The third-order valence-corrected chi connectivity index (χ3v) is 2.29. The van der Waals surface area contributed by atoms with Gasteiger partial charge in [-0.3, -0.25) is 4.79 Å². The Labute approximate surface area is 87.9 Å². The van der Waals surface area contributed by atoms with Crippen molar-refractivity contribution in [2.24, 2.45) is 5.92 Å². The van der Waals surface area contributed by atoms with Gasteiger partial charge in [0.1, 0.15) is 5.78 Å². The van der Waals surface area contributed by atoms with E-state index >= 15 is 0 Å². The van der Waals surface area contributed by atoms with Gasteiger partial charge in [0.2, 0.25) is 0 Å². The highest BCUT2D eigenvalue weighted by atomic mass is 16.1. The molecule has 1 rings (SSSR count). The number of allylic oxidation sites excluding steroid dienone is 3. The summed E-state index contributed by atoms with van der Waals surface area (Å²) in [6.45, 7) is 9.97. The van der Waals surface area contributed by atoms with E-state index in [0.29, 0.717) is 11.7 Å². The first-order valence-corrected chi connectivity index (χ1v) is 5.49. The summed E-state index contributed by atoms with van der Waals surface area (Å²) >= 11 is 0. The van der Waals surface area contributed by atoms with E-state index in [0.717, 1.165) is 19.3 Å². The van der Waals surface area contributed by atoms with Gasteiger partial charge < -0.3 is 0 Å². The summed E-state index contributed by atoms with van der Waals surface area (Å²) in [5.74, 6) is 0.862. The molecule has 1 heteroatoms. The first-order valence-electron chi connectivity index (χ1n) is 5.49. The molecule has 1 atom stereocenters. The second-order valence-electron chi connectivity index (χ2n) is 3.68. The lowest BCUT2D eigenvalue weighted by atomic mass is 9.97. The maximum atomic E-state index is 10.9. The van der Waals surface area contributed by atoms with Crippen LogP contribution in [0.4, 0.5) is 0 Å². The van der Waals surface area contributed by atoms with Crippen LogP contribution in [-0.2, 0) is 4.79 Å². The molecule has 0 amide bonds. The zero-order valence-corrected chi connectivity index (χ0v) is 9.68. The zero-order valence-electron chi connectivity index (χ0n) is 9.68. The van der Waals surface area contributed by atoms with Crippen molar-refractivity contribution < 1.29 is 4.79 Å². The molecule has 0 bridgehead atoms. The normalized spacial score (nSPS) is 21.5. The Kier molecular flexibility index (Phi) is 7.09. The number of carbonyl (C=O) groups is 1. The van der Waals surface area contributed by atoms with Gasteiger partial charge in [-0.15, -0.1) is 0 Å². The summed E-state index contributed by atoms with van der Waals surface area (Å²) in [6, 6.07) is 0. The quantitative estimate of drug-likeness (QED) is 0.609. The molecule has 0 heterocycles. The molecule has 1 nitrogen and oxygen atoms in total. The van der Waals surface area contributed by atoms with Crippen LogP contribution in [0.5, 0.6) is 0 Å². The summed E-state index contributed by atoms with van der Waals surface area (Å²) < 4.78 is 0. The van der Waals surface area contributed by atoms with Gasteiger partial charge in [0, 0.05) is 12.8 Å². The van der Waals surface area contributed by atoms with Gasteiger partial charge in [-0.25, -0.2) is 0 Å². The van der Waals surface area contributed by atoms with Gasteiger partial charge in [0.25, 0.3) is 0 Å². The van der Waals surface area contributed by atoms with Crippen LogP contribution in [0.1, 0.15) is 46.5 Å². The molecule has 0 aromatic rings. The molecule has 0 saturated heterocycles. The standard InChI is InChI=1S/C10H14O.C3H8/c1-3-8(4-2)9-5-6-10(11)7-9;1-3-2/h3-4,9H,1,5-7H2,2H3;3H2,1-2H3/b8-4+;/t9-;/m0./s1. The van der Waals surface area contributed by atoms with E-state index in [2.05, 4.69) is 26.5 Å². The lowest BCUT2D eigenvalue weighted by Gasteiger charge is -2.07. The lowest BCUT2D eigenvalue weighted by Crippen LogP contribution is -1.96. The predicted molar refractivity (Wildman–Crippen MR) is 62.3 cm³/mol. The maximum absolute atomic E-state index is 10.9. The molecule has 0 unspecified atom stereocenters. The minimum atomic E-state index is 0.399. The molecule has 0 N–H and O–H groups in total. The van der Waals surface area contributed by atoms with Crippen LogP contribution in [0.25, 0.3) is 0 Å². The Morgan fingerprint density at radius 3 is 2.43 bits per heavy atom. The minimum absolute atomic E-state index is 0.399. The summed E-state index contributed by atoms with van der Waals surface area (Å²) in [6.07, 6.45) is 7.67. The van der Waals surface area contributed by atoms with Gasteiger partial charge in [0.05, 0.1) is 0 Å². The smallest absolute Gasteiger partial charge is 0.133 e. The molecule has 1 fully saturated rings. The first kappa shape index (κ1) is 13.2. The fraction of sp³-hybridized carbons (Fsp3) is 0.615. The Bertz CT molecular complexity index is 213. The number of carbonyl (C=O) groups excluding carboxylic acids is 1. The Hall–Kier alpha value is -0.850. The second-order valence-corrected chi connectivity index (χ2v) is 3.68. The number of hydrogen-bond acceptors (Lipinski definition) is 1. The maximum Gasteiger partial charge on any atom is 0.133 e. The lowest BCUT2D eigenvalue weighted by molar-refractivity contribution is -0.117. The minimum Gasteiger partial charge on any atom is -0.300 e. The van der Waals surface area contributed by atoms with E-state index in [1.54, 1.807) is 0 Å². The number of Topliss-reactive ketones (excluding diaryl/α,β-unsaturated/α-hetero) is 1. The molecule has 0 aliphatic heterocycles. The van der Waals surface area contributed by atoms with E-state index < -0.39 is 0 Å². The summed E-state index contributed by atoms with van der Waals surface area (Å²) in [7, 11) is 0. The largest absolute Gasteiger partial charge is 0.300 e. The average molecular weight is 194 g/mol. The van der Waals surface area contributed by atoms with E-state index in [1.807, 2.05) is 13.0 Å². The van der Waals surface area contributed by atoms with Crippen molar-refractivity contribution in [3.8, 4) is 0 Å². The van der Waals surface area contributed by atoms with E-state index in [-0.39, 0.29) is 0 Å². The van der Waals surface area contributed by atoms with Crippen LogP contribution in [0.2, 0.25) is 0 Å². The highest BCUT2D eigenvalue weighted by Crippen LogP contribution is 2.28. The fourth-order valence-electron chi connectivity index (χ4n) is 1.62. The van der Waals surface area contributed by atoms with Crippen molar-refractivity contribution in [3.05, 3.63) is 24.3 Å². The SMILES string of the molecule is C=C/C(=C\C)[C@H]1CCC(=O)C1.CCC. The summed E-state index contributed by atoms with van der Waals surface area (Å²) in [4.78, 5) is 10.9. The van der Waals surface area contributed by atoms with E-state index in [4.69, 9.17) is 0 Å². The molecule has 1 aliphatic rings. The van der Waals surface area contributed by atoms with Crippen LogP contribution in [0.3, 0.4) is 0 Å². The van der Waals surface area contributed by atoms with Crippen molar-refractivity contribution in [2.75, 3.05) is 0 Å². The molecule has 0 aromatic carbocycles. The van der Waals surface area contributed by atoms with Gasteiger partial charge in [-0.1, -0.05) is 39.0 Å². The topological polar surface area (TPSA) is 17.1 Å². The molecule has 0 aromatic heterocycles. The van der Waals surface area contributed by atoms with Crippen molar-refractivity contribution in [1.82, 2.24) is 0 Å². The Morgan fingerprint density at radius 1 is 1.57 bits per heavy atom. The molecule has 1 aliphatic carbocycles. The molecule has 0 radical (unpaired) electrons. The third-order valence-electron chi connectivity index (χ3n) is 2.29. The van der Waals surface area contributed by atoms with Crippen molar-refractivity contribution in [3.63, 3.8) is 0 Å². The molecular weight excluding hydrogens is 172 g/mol. The molecular formula is C13H22O. The van der Waals surface area contributed by atoms with Crippen LogP contribution < -0.4 is 0 Å². The Morgan fingerprint density at radius 2 is 2.14 bits per heavy atom. The van der Waals surface area contributed by atoms with Gasteiger partial charge in [-0.05, 0) is 24.8 Å². The van der Waals surface area contributed by atoms with Crippen molar-refractivity contribution in [1.29, 1.82) is 0 Å². The first-order chi connectivity index (χ1) is 6.69. The number of hydrogen-bond donors (Lipinski definition) is 0. The number of ketones is 1.